The van der Waals surface area contributed by atoms with Crippen LogP contribution in [0, 0.1) is 0 Å². The number of ether oxygens (including phenoxy) is 3. The summed E-state index contributed by atoms with van der Waals surface area (Å²) in [5.41, 5.74) is 3.70. The molecule has 0 unspecified atom stereocenters. The zero-order valence-electron chi connectivity index (χ0n) is 20.9. The maximum absolute atomic E-state index is 13.2. The molecule has 4 amide bonds. The molecular formula is C30H26N2O6. The summed E-state index contributed by atoms with van der Waals surface area (Å²) in [7, 11) is 0. The quantitative estimate of drug-likeness (QED) is 0.262. The Morgan fingerprint density at radius 1 is 0.974 bits per heavy atom. The minimum Gasteiger partial charge on any atom is -0.489 e. The van der Waals surface area contributed by atoms with E-state index in [-0.39, 0.29) is 12.4 Å². The van der Waals surface area contributed by atoms with Gasteiger partial charge in [-0.1, -0.05) is 37.3 Å². The van der Waals surface area contributed by atoms with Crippen molar-refractivity contribution in [1.82, 2.24) is 5.32 Å². The SMILES string of the molecule is C=CCc1cc(/C=C2/C(=O)NC(=O)N(c3ccc(CC)cc3)C2=O)ccc1OCc1ccc2c(c1)OCO2. The molecule has 0 atom stereocenters. The van der Waals surface area contributed by atoms with Gasteiger partial charge in [0.1, 0.15) is 17.9 Å². The first-order chi connectivity index (χ1) is 18.5. The molecule has 8 heteroatoms. The standard InChI is InChI=1S/C30H26N2O6/c1-3-5-22-14-20(8-12-25(22)36-17-21-9-13-26-27(16-21)38-18-37-26)15-24-28(33)31-30(35)32(29(24)34)23-10-6-19(4-2)7-11-23/h3,6-16H,1,4-5,17-18H2,2H3,(H,31,33,35)/b24-15-. The second-order valence-electron chi connectivity index (χ2n) is 8.81. The van der Waals surface area contributed by atoms with Gasteiger partial charge in [0.05, 0.1) is 5.69 Å². The van der Waals surface area contributed by atoms with Crippen LogP contribution in [0.5, 0.6) is 17.2 Å². The van der Waals surface area contributed by atoms with Crippen LogP contribution in [0.3, 0.4) is 0 Å². The van der Waals surface area contributed by atoms with Crippen molar-refractivity contribution >= 4 is 29.6 Å². The van der Waals surface area contributed by atoms with E-state index in [1.165, 1.54) is 6.08 Å². The summed E-state index contributed by atoms with van der Waals surface area (Å²) in [6.07, 6.45) is 4.57. The van der Waals surface area contributed by atoms with E-state index in [2.05, 4.69) is 11.9 Å². The zero-order valence-corrected chi connectivity index (χ0v) is 20.9. The van der Waals surface area contributed by atoms with Crippen LogP contribution in [0.4, 0.5) is 10.5 Å². The van der Waals surface area contributed by atoms with E-state index < -0.39 is 17.8 Å². The van der Waals surface area contributed by atoms with Gasteiger partial charge in [-0.15, -0.1) is 6.58 Å². The molecule has 2 aliphatic rings. The second-order valence-corrected chi connectivity index (χ2v) is 8.81. The number of amides is 4. The van der Waals surface area contributed by atoms with Crippen LogP contribution in [0.25, 0.3) is 6.08 Å². The van der Waals surface area contributed by atoms with E-state index in [4.69, 9.17) is 14.2 Å². The molecule has 2 heterocycles. The summed E-state index contributed by atoms with van der Waals surface area (Å²) in [5, 5.41) is 2.26. The zero-order chi connectivity index (χ0) is 26.6. The average molecular weight is 511 g/mol. The largest absolute Gasteiger partial charge is 0.489 e. The van der Waals surface area contributed by atoms with Gasteiger partial charge in [0, 0.05) is 0 Å². The second kappa shape index (κ2) is 10.6. The highest BCUT2D eigenvalue weighted by Gasteiger charge is 2.36. The number of nitrogens with zero attached hydrogens (tertiary/aromatic N) is 1. The Balaban J connectivity index is 1.38. The molecule has 0 saturated carbocycles. The van der Waals surface area contributed by atoms with Gasteiger partial charge < -0.3 is 14.2 Å². The molecule has 0 bridgehead atoms. The normalized spacial score (nSPS) is 15.6. The van der Waals surface area contributed by atoms with Crippen molar-refractivity contribution in [3.8, 4) is 17.2 Å². The van der Waals surface area contributed by atoms with E-state index in [0.717, 1.165) is 28.0 Å². The minimum absolute atomic E-state index is 0.136. The number of allylic oxidation sites excluding steroid dienone is 1. The maximum Gasteiger partial charge on any atom is 0.335 e. The van der Waals surface area contributed by atoms with E-state index in [1.807, 2.05) is 43.3 Å². The van der Waals surface area contributed by atoms with E-state index >= 15 is 0 Å². The number of benzene rings is 3. The lowest BCUT2D eigenvalue weighted by Crippen LogP contribution is -2.54. The number of rotatable bonds is 8. The number of anilines is 1. The van der Waals surface area contributed by atoms with Gasteiger partial charge in [-0.2, -0.15) is 0 Å². The molecule has 3 aromatic rings. The molecule has 1 fully saturated rings. The van der Waals surface area contributed by atoms with Gasteiger partial charge in [0.25, 0.3) is 11.8 Å². The molecule has 0 aliphatic carbocycles. The van der Waals surface area contributed by atoms with Gasteiger partial charge in [-0.25, -0.2) is 9.69 Å². The maximum atomic E-state index is 13.2. The Bertz CT molecular complexity index is 1460. The summed E-state index contributed by atoms with van der Waals surface area (Å²) in [6.45, 7) is 6.36. The van der Waals surface area contributed by atoms with Gasteiger partial charge >= 0.3 is 6.03 Å². The lowest BCUT2D eigenvalue weighted by molar-refractivity contribution is -0.122. The predicted molar refractivity (Wildman–Crippen MR) is 142 cm³/mol. The van der Waals surface area contributed by atoms with Crippen LogP contribution in [0.2, 0.25) is 0 Å². The highest BCUT2D eigenvalue weighted by Crippen LogP contribution is 2.33. The van der Waals surface area contributed by atoms with Crippen molar-refractivity contribution in [2.45, 2.75) is 26.4 Å². The number of urea groups is 1. The Kier molecular flexibility index (Phi) is 6.95. The van der Waals surface area contributed by atoms with Crippen LogP contribution in [0.15, 0.2) is 78.9 Å². The Hall–Kier alpha value is -4.85. The summed E-state index contributed by atoms with van der Waals surface area (Å²) < 4.78 is 16.8. The van der Waals surface area contributed by atoms with Crippen LogP contribution < -0.4 is 24.4 Å². The first-order valence-electron chi connectivity index (χ1n) is 12.2. The number of hydrogen-bond acceptors (Lipinski definition) is 6. The third kappa shape index (κ3) is 5.01. The number of imide groups is 2. The molecule has 0 aromatic heterocycles. The summed E-state index contributed by atoms with van der Waals surface area (Å²) in [5.74, 6) is 0.616. The van der Waals surface area contributed by atoms with E-state index in [9.17, 15) is 14.4 Å². The highest BCUT2D eigenvalue weighted by atomic mass is 16.7. The Morgan fingerprint density at radius 2 is 1.74 bits per heavy atom. The smallest absolute Gasteiger partial charge is 0.335 e. The van der Waals surface area contributed by atoms with Gasteiger partial charge in [-0.05, 0) is 77.6 Å². The van der Waals surface area contributed by atoms with Crippen LogP contribution >= 0.6 is 0 Å². The first kappa shape index (κ1) is 24.8. The summed E-state index contributed by atoms with van der Waals surface area (Å²) >= 11 is 0. The number of carbonyl (C=O) groups is 3. The summed E-state index contributed by atoms with van der Waals surface area (Å²) in [6, 6.07) is 17.3. The average Bonchev–Trinajstić information content (AvgIpc) is 3.39. The number of fused-ring (bicyclic) bond motifs is 1. The van der Waals surface area contributed by atoms with Crippen molar-refractivity contribution in [3.05, 3.63) is 101 Å². The van der Waals surface area contributed by atoms with E-state index in [1.54, 1.807) is 30.3 Å². The number of barbiturate groups is 1. The molecular weight excluding hydrogens is 484 g/mol. The molecule has 1 saturated heterocycles. The molecule has 38 heavy (non-hydrogen) atoms. The molecule has 192 valence electrons. The fourth-order valence-corrected chi connectivity index (χ4v) is 4.28. The molecule has 1 N–H and O–H groups in total. The van der Waals surface area contributed by atoms with E-state index in [0.29, 0.717) is 41.5 Å². The third-order valence-corrected chi connectivity index (χ3v) is 6.30. The predicted octanol–water partition coefficient (Wildman–Crippen LogP) is 4.95. The molecule has 2 aliphatic heterocycles. The van der Waals surface area contributed by atoms with Gasteiger partial charge in [0.2, 0.25) is 6.79 Å². The molecule has 0 radical (unpaired) electrons. The number of nitrogens with one attached hydrogen (secondary N) is 1. The van der Waals surface area contributed by atoms with Crippen LogP contribution in [-0.4, -0.2) is 24.6 Å². The molecule has 3 aromatic carbocycles. The summed E-state index contributed by atoms with van der Waals surface area (Å²) in [4.78, 5) is 39.3. The third-order valence-electron chi connectivity index (χ3n) is 6.30. The van der Waals surface area contributed by atoms with Crippen molar-refractivity contribution in [3.63, 3.8) is 0 Å². The topological polar surface area (TPSA) is 94.2 Å². The fraction of sp³-hybridized carbons (Fsp3) is 0.167. The molecule has 5 rings (SSSR count). The molecule has 8 nitrogen and oxygen atoms in total. The Morgan fingerprint density at radius 3 is 2.50 bits per heavy atom. The monoisotopic (exact) mass is 510 g/mol. The van der Waals surface area contributed by atoms with Crippen molar-refractivity contribution in [2.24, 2.45) is 0 Å². The number of carbonyl (C=O) groups excluding carboxylic acids is 3. The Labute approximate surface area is 220 Å². The highest BCUT2D eigenvalue weighted by molar-refractivity contribution is 6.39. The van der Waals surface area contributed by atoms with Crippen molar-refractivity contribution in [1.29, 1.82) is 0 Å². The van der Waals surface area contributed by atoms with Crippen molar-refractivity contribution in [2.75, 3.05) is 11.7 Å². The lowest BCUT2D eigenvalue weighted by atomic mass is 10.0. The lowest BCUT2D eigenvalue weighted by Gasteiger charge is -2.26. The number of aryl methyl sites for hydroxylation is 1. The van der Waals surface area contributed by atoms with Gasteiger partial charge in [0.15, 0.2) is 11.5 Å². The van der Waals surface area contributed by atoms with Crippen LogP contribution in [-0.2, 0) is 29.0 Å². The fourth-order valence-electron chi connectivity index (χ4n) is 4.28. The minimum atomic E-state index is -0.777. The van der Waals surface area contributed by atoms with Crippen LogP contribution in [0.1, 0.15) is 29.2 Å². The first-order valence-corrected chi connectivity index (χ1v) is 12.2. The van der Waals surface area contributed by atoms with Crippen molar-refractivity contribution < 1.29 is 28.6 Å². The van der Waals surface area contributed by atoms with Gasteiger partial charge in [-0.3, -0.25) is 14.9 Å². The molecule has 0 spiro atoms. The number of hydrogen-bond donors (Lipinski definition) is 1.